The Balaban J connectivity index is 1.81. The van der Waals surface area contributed by atoms with E-state index in [1.54, 1.807) is 0 Å². The summed E-state index contributed by atoms with van der Waals surface area (Å²) < 4.78 is 11.4. The van der Waals surface area contributed by atoms with E-state index in [-0.39, 0.29) is 0 Å². The van der Waals surface area contributed by atoms with Crippen LogP contribution in [0.25, 0.3) is 0 Å². The van der Waals surface area contributed by atoms with Gasteiger partial charge in [-0.1, -0.05) is 19.1 Å². The van der Waals surface area contributed by atoms with E-state index in [1.807, 2.05) is 31.2 Å². The van der Waals surface area contributed by atoms with E-state index >= 15 is 0 Å². The maximum absolute atomic E-state index is 6.06. The van der Waals surface area contributed by atoms with Crippen LogP contribution < -0.4 is 15.2 Å². The Morgan fingerprint density at radius 2 is 1.90 bits per heavy atom. The first kappa shape index (κ1) is 15.1. The molecule has 4 heteroatoms. The van der Waals surface area contributed by atoms with Crippen molar-refractivity contribution in [2.45, 2.75) is 26.3 Å². The number of hydrogen-bond donors (Lipinski definition) is 1. The van der Waals surface area contributed by atoms with Gasteiger partial charge in [-0.3, -0.25) is 4.90 Å². The molecule has 0 aromatic heterocycles. The van der Waals surface area contributed by atoms with Gasteiger partial charge in [-0.25, -0.2) is 0 Å². The Morgan fingerprint density at radius 1 is 1.20 bits per heavy atom. The van der Waals surface area contributed by atoms with E-state index in [0.29, 0.717) is 25.2 Å². The summed E-state index contributed by atoms with van der Waals surface area (Å²) in [5, 5.41) is 0. The molecule has 0 aliphatic carbocycles. The SMILES string of the molecule is CCOc1ccccc1OCCN1CC(C)CC(N)C1. The van der Waals surface area contributed by atoms with E-state index in [9.17, 15) is 0 Å². The molecule has 1 aromatic carbocycles. The molecule has 0 amide bonds. The van der Waals surface area contributed by atoms with E-state index in [0.717, 1.165) is 37.6 Å². The van der Waals surface area contributed by atoms with Crippen molar-refractivity contribution in [3.05, 3.63) is 24.3 Å². The van der Waals surface area contributed by atoms with Gasteiger partial charge in [-0.15, -0.1) is 0 Å². The summed E-state index contributed by atoms with van der Waals surface area (Å²) in [6, 6.07) is 8.13. The van der Waals surface area contributed by atoms with Crippen LogP contribution >= 0.6 is 0 Å². The van der Waals surface area contributed by atoms with E-state index in [2.05, 4.69) is 11.8 Å². The van der Waals surface area contributed by atoms with Crippen LogP contribution in [0.1, 0.15) is 20.3 Å². The Labute approximate surface area is 121 Å². The van der Waals surface area contributed by atoms with Gasteiger partial charge in [0.25, 0.3) is 0 Å². The molecule has 2 rings (SSSR count). The first-order valence-corrected chi connectivity index (χ1v) is 7.51. The Hall–Kier alpha value is -1.26. The summed E-state index contributed by atoms with van der Waals surface area (Å²) in [6.45, 7) is 8.57. The zero-order valence-corrected chi connectivity index (χ0v) is 12.5. The number of rotatable bonds is 6. The highest BCUT2D eigenvalue weighted by Crippen LogP contribution is 2.26. The molecule has 1 aromatic rings. The van der Waals surface area contributed by atoms with Gasteiger partial charge in [0, 0.05) is 25.7 Å². The van der Waals surface area contributed by atoms with Gasteiger partial charge >= 0.3 is 0 Å². The molecule has 2 unspecified atom stereocenters. The molecule has 0 spiro atoms. The highest BCUT2D eigenvalue weighted by molar-refractivity contribution is 5.39. The van der Waals surface area contributed by atoms with Gasteiger partial charge in [0.2, 0.25) is 0 Å². The number of piperidine rings is 1. The van der Waals surface area contributed by atoms with Crippen molar-refractivity contribution in [3.63, 3.8) is 0 Å². The first-order valence-electron chi connectivity index (χ1n) is 7.51. The molecule has 2 N–H and O–H groups in total. The molecule has 4 nitrogen and oxygen atoms in total. The fraction of sp³-hybridized carbons (Fsp3) is 0.625. The second-order valence-electron chi connectivity index (χ2n) is 5.59. The third kappa shape index (κ3) is 4.39. The fourth-order valence-electron chi connectivity index (χ4n) is 2.82. The highest BCUT2D eigenvalue weighted by Gasteiger charge is 2.21. The van der Waals surface area contributed by atoms with Crippen molar-refractivity contribution in [2.24, 2.45) is 11.7 Å². The second-order valence-corrected chi connectivity index (χ2v) is 5.59. The molecule has 1 fully saturated rings. The predicted octanol–water partition coefficient (Wildman–Crippen LogP) is 2.13. The molecule has 2 atom stereocenters. The lowest BCUT2D eigenvalue weighted by molar-refractivity contribution is 0.138. The molecular weight excluding hydrogens is 252 g/mol. The molecule has 1 saturated heterocycles. The van der Waals surface area contributed by atoms with Gasteiger partial charge in [0.15, 0.2) is 11.5 Å². The second kappa shape index (κ2) is 7.50. The summed E-state index contributed by atoms with van der Waals surface area (Å²) in [5.74, 6) is 2.32. The minimum atomic E-state index is 0.300. The quantitative estimate of drug-likeness (QED) is 0.866. The summed E-state index contributed by atoms with van der Waals surface area (Å²) in [5.41, 5.74) is 6.06. The lowest BCUT2D eigenvalue weighted by Crippen LogP contribution is -2.47. The molecule has 1 heterocycles. The van der Waals surface area contributed by atoms with Crippen molar-refractivity contribution in [1.82, 2.24) is 4.90 Å². The van der Waals surface area contributed by atoms with Crippen LogP contribution in [0.4, 0.5) is 0 Å². The average molecular weight is 278 g/mol. The normalized spacial score (nSPS) is 23.6. The standard InChI is InChI=1S/C16H26N2O2/c1-3-19-15-6-4-5-7-16(15)20-9-8-18-11-13(2)10-14(17)12-18/h4-7,13-14H,3,8-12,17H2,1-2H3. The van der Waals surface area contributed by atoms with Crippen molar-refractivity contribution in [2.75, 3.05) is 32.8 Å². The fourth-order valence-corrected chi connectivity index (χ4v) is 2.82. The predicted molar refractivity (Wildman–Crippen MR) is 81.3 cm³/mol. The molecule has 0 bridgehead atoms. The number of nitrogens with two attached hydrogens (primary N) is 1. The van der Waals surface area contributed by atoms with Crippen LogP contribution in [0.3, 0.4) is 0 Å². The average Bonchev–Trinajstić information content (AvgIpc) is 2.40. The highest BCUT2D eigenvalue weighted by atomic mass is 16.5. The molecule has 0 saturated carbocycles. The van der Waals surface area contributed by atoms with Crippen LogP contribution in [0.5, 0.6) is 11.5 Å². The largest absolute Gasteiger partial charge is 0.490 e. The number of likely N-dealkylation sites (tertiary alicyclic amines) is 1. The monoisotopic (exact) mass is 278 g/mol. The molecular formula is C16H26N2O2. The van der Waals surface area contributed by atoms with Gasteiger partial charge in [-0.05, 0) is 31.4 Å². The van der Waals surface area contributed by atoms with E-state index in [4.69, 9.17) is 15.2 Å². The maximum Gasteiger partial charge on any atom is 0.161 e. The van der Waals surface area contributed by atoms with Crippen molar-refractivity contribution in [3.8, 4) is 11.5 Å². The van der Waals surface area contributed by atoms with Crippen LogP contribution in [0.15, 0.2) is 24.3 Å². The van der Waals surface area contributed by atoms with Crippen LogP contribution in [-0.4, -0.2) is 43.8 Å². The number of benzene rings is 1. The molecule has 0 radical (unpaired) electrons. The third-order valence-electron chi connectivity index (χ3n) is 3.58. The molecule has 112 valence electrons. The smallest absolute Gasteiger partial charge is 0.161 e. The lowest BCUT2D eigenvalue weighted by Gasteiger charge is -2.34. The zero-order chi connectivity index (χ0) is 14.4. The van der Waals surface area contributed by atoms with Crippen LogP contribution in [0.2, 0.25) is 0 Å². The molecule has 1 aliphatic heterocycles. The van der Waals surface area contributed by atoms with Crippen molar-refractivity contribution < 1.29 is 9.47 Å². The van der Waals surface area contributed by atoms with Crippen LogP contribution in [-0.2, 0) is 0 Å². The number of ether oxygens (including phenoxy) is 2. The van der Waals surface area contributed by atoms with Gasteiger partial charge in [-0.2, -0.15) is 0 Å². The van der Waals surface area contributed by atoms with Gasteiger partial charge in [0.05, 0.1) is 6.61 Å². The van der Waals surface area contributed by atoms with Gasteiger partial charge < -0.3 is 15.2 Å². The first-order chi connectivity index (χ1) is 9.69. The molecule has 20 heavy (non-hydrogen) atoms. The lowest BCUT2D eigenvalue weighted by atomic mass is 9.97. The summed E-state index contributed by atoms with van der Waals surface area (Å²) in [6.07, 6.45) is 1.13. The van der Waals surface area contributed by atoms with Crippen molar-refractivity contribution >= 4 is 0 Å². The number of hydrogen-bond acceptors (Lipinski definition) is 4. The summed E-state index contributed by atoms with van der Waals surface area (Å²) in [4.78, 5) is 2.39. The summed E-state index contributed by atoms with van der Waals surface area (Å²) in [7, 11) is 0. The zero-order valence-electron chi connectivity index (χ0n) is 12.5. The van der Waals surface area contributed by atoms with Crippen molar-refractivity contribution in [1.29, 1.82) is 0 Å². The Bertz CT molecular complexity index is 401. The Morgan fingerprint density at radius 3 is 2.55 bits per heavy atom. The van der Waals surface area contributed by atoms with Crippen LogP contribution in [0, 0.1) is 5.92 Å². The Kier molecular flexibility index (Phi) is 5.68. The maximum atomic E-state index is 6.06. The topological polar surface area (TPSA) is 47.7 Å². The minimum Gasteiger partial charge on any atom is -0.490 e. The summed E-state index contributed by atoms with van der Waals surface area (Å²) >= 11 is 0. The number of para-hydroxylation sites is 2. The van der Waals surface area contributed by atoms with E-state index in [1.165, 1.54) is 0 Å². The van der Waals surface area contributed by atoms with E-state index < -0.39 is 0 Å². The minimum absolute atomic E-state index is 0.300. The number of nitrogens with zero attached hydrogens (tertiary/aromatic N) is 1. The molecule has 1 aliphatic rings. The van der Waals surface area contributed by atoms with Gasteiger partial charge in [0.1, 0.15) is 6.61 Å². The third-order valence-corrected chi connectivity index (χ3v) is 3.58.